The number of nitrogens with one attached hydrogen (secondary N) is 1. The van der Waals surface area contributed by atoms with Crippen LogP contribution >= 0.6 is 0 Å². The minimum Gasteiger partial charge on any atom is -0.311 e. The number of hydrogen-bond donors (Lipinski definition) is 1. The van der Waals surface area contributed by atoms with Gasteiger partial charge in [-0.2, -0.15) is 0 Å². The summed E-state index contributed by atoms with van der Waals surface area (Å²) in [5, 5.41) is 3.49. The first kappa shape index (κ1) is 15.7. The second-order valence-corrected chi connectivity index (χ2v) is 5.73. The fourth-order valence-corrected chi connectivity index (χ4v) is 2.33. The number of aryl methyl sites for hydroxylation is 1. The van der Waals surface area contributed by atoms with E-state index in [1.54, 1.807) is 0 Å². The van der Waals surface area contributed by atoms with Gasteiger partial charge in [-0.25, -0.2) is 0 Å². The second kappa shape index (κ2) is 7.96. The quantitative estimate of drug-likeness (QED) is 0.781. The van der Waals surface area contributed by atoms with Crippen molar-refractivity contribution in [1.82, 2.24) is 10.2 Å². The minimum absolute atomic E-state index is 0.925. The first-order valence-electron chi connectivity index (χ1n) is 7.72. The summed E-state index contributed by atoms with van der Waals surface area (Å²) in [5.74, 6) is 0. The lowest BCUT2D eigenvalue weighted by molar-refractivity contribution is 0.400. The van der Waals surface area contributed by atoms with E-state index in [1.807, 2.05) is 0 Å². The Morgan fingerprint density at radius 1 is 0.905 bits per heavy atom. The summed E-state index contributed by atoms with van der Waals surface area (Å²) in [6.07, 6.45) is 1.09. The van der Waals surface area contributed by atoms with Crippen LogP contribution in [0.4, 0.5) is 0 Å². The first-order valence-corrected chi connectivity index (χ1v) is 7.72. The fourth-order valence-electron chi connectivity index (χ4n) is 2.33. The molecule has 0 radical (unpaired) electrons. The van der Waals surface area contributed by atoms with E-state index < -0.39 is 0 Å². The largest absolute Gasteiger partial charge is 0.311 e. The summed E-state index contributed by atoms with van der Waals surface area (Å²) in [5.41, 5.74) is 5.32. The van der Waals surface area contributed by atoms with Crippen LogP contribution in [0.25, 0.3) is 11.1 Å². The highest BCUT2D eigenvalue weighted by Gasteiger charge is 2.00. The Hall–Kier alpha value is -1.64. The summed E-state index contributed by atoms with van der Waals surface area (Å²) >= 11 is 0. The highest BCUT2D eigenvalue weighted by Crippen LogP contribution is 2.21. The van der Waals surface area contributed by atoms with Gasteiger partial charge < -0.3 is 10.2 Å². The number of rotatable bonds is 7. The van der Waals surface area contributed by atoms with Gasteiger partial charge in [0.1, 0.15) is 0 Å². The van der Waals surface area contributed by atoms with Crippen LogP contribution < -0.4 is 5.32 Å². The Morgan fingerprint density at radius 2 is 1.67 bits per heavy atom. The minimum atomic E-state index is 0.925. The van der Waals surface area contributed by atoms with Crippen LogP contribution in [0.1, 0.15) is 18.1 Å². The lowest BCUT2D eigenvalue weighted by atomic mass is 10.0. The Labute approximate surface area is 128 Å². The summed E-state index contributed by atoms with van der Waals surface area (Å²) in [4.78, 5) is 2.19. The Balaban J connectivity index is 1.99. The van der Waals surface area contributed by atoms with Crippen molar-refractivity contribution in [2.75, 3.05) is 27.2 Å². The topological polar surface area (TPSA) is 15.3 Å². The molecule has 0 unspecified atom stereocenters. The molecule has 2 aromatic rings. The van der Waals surface area contributed by atoms with E-state index in [4.69, 9.17) is 0 Å². The maximum absolute atomic E-state index is 3.49. The average molecular weight is 282 g/mol. The van der Waals surface area contributed by atoms with Crippen molar-refractivity contribution in [3.63, 3.8) is 0 Å². The monoisotopic (exact) mass is 282 g/mol. The van der Waals surface area contributed by atoms with Crippen molar-refractivity contribution in [3.8, 4) is 11.1 Å². The maximum atomic E-state index is 3.49. The van der Waals surface area contributed by atoms with Crippen LogP contribution in [0.15, 0.2) is 48.5 Å². The van der Waals surface area contributed by atoms with Gasteiger partial charge in [0.25, 0.3) is 0 Å². The average Bonchev–Trinajstić information content (AvgIpc) is 2.52. The molecule has 0 heterocycles. The molecular formula is C19H26N2. The van der Waals surface area contributed by atoms with Crippen molar-refractivity contribution in [1.29, 1.82) is 0 Å². The molecule has 0 aliphatic rings. The van der Waals surface area contributed by atoms with Crippen molar-refractivity contribution in [3.05, 3.63) is 59.7 Å². The molecule has 0 saturated carbocycles. The van der Waals surface area contributed by atoms with E-state index >= 15 is 0 Å². The highest BCUT2D eigenvalue weighted by molar-refractivity contribution is 5.64. The summed E-state index contributed by atoms with van der Waals surface area (Å²) < 4.78 is 0. The molecule has 112 valence electrons. The molecule has 0 aromatic heterocycles. The number of benzene rings is 2. The molecule has 0 atom stereocenters. The third-order valence-corrected chi connectivity index (χ3v) is 3.69. The molecule has 0 fully saturated rings. The summed E-state index contributed by atoms with van der Waals surface area (Å²) in [6.45, 7) is 5.20. The standard InChI is InChI=1S/C19H26N2/c1-4-16-8-10-18(11-9-16)19-7-5-6-17(14-19)15-20-12-13-21(2)3/h5-11,14,20H,4,12-13,15H2,1-3H3. The predicted molar refractivity (Wildman–Crippen MR) is 91.5 cm³/mol. The predicted octanol–water partition coefficient (Wildman–Crippen LogP) is 3.57. The lowest BCUT2D eigenvalue weighted by Gasteiger charge is -2.11. The van der Waals surface area contributed by atoms with Crippen molar-refractivity contribution in [2.24, 2.45) is 0 Å². The van der Waals surface area contributed by atoms with Crippen molar-refractivity contribution in [2.45, 2.75) is 19.9 Å². The number of likely N-dealkylation sites (N-methyl/N-ethyl adjacent to an activating group) is 1. The van der Waals surface area contributed by atoms with Crippen LogP contribution in [-0.4, -0.2) is 32.1 Å². The van der Waals surface area contributed by atoms with Gasteiger partial charge in [0.2, 0.25) is 0 Å². The molecule has 0 spiro atoms. The molecule has 0 saturated heterocycles. The summed E-state index contributed by atoms with van der Waals surface area (Å²) in [6, 6.07) is 17.7. The Kier molecular flexibility index (Phi) is 5.97. The fraction of sp³-hybridized carbons (Fsp3) is 0.368. The maximum Gasteiger partial charge on any atom is 0.0206 e. The molecule has 2 rings (SSSR count). The zero-order valence-electron chi connectivity index (χ0n) is 13.4. The Morgan fingerprint density at radius 3 is 2.33 bits per heavy atom. The normalized spacial score (nSPS) is 11.0. The molecule has 0 amide bonds. The van der Waals surface area contributed by atoms with Gasteiger partial charge in [0.15, 0.2) is 0 Å². The molecule has 2 nitrogen and oxygen atoms in total. The van der Waals surface area contributed by atoms with Gasteiger partial charge in [-0.05, 0) is 48.8 Å². The smallest absolute Gasteiger partial charge is 0.0206 e. The molecule has 1 N–H and O–H groups in total. The number of hydrogen-bond acceptors (Lipinski definition) is 2. The van der Waals surface area contributed by atoms with Gasteiger partial charge in [-0.3, -0.25) is 0 Å². The molecule has 0 bridgehead atoms. The molecular weight excluding hydrogens is 256 g/mol. The first-order chi connectivity index (χ1) is 10.2. The van der Waals surface area contributed by atoms with E-state index in [0.717, 1.165) is 26.1 Å². The van der Waals surface area contributed by atoms with Gasteiger partial charge in [-0.15, -0.1) is 0 Å². The van der Waals surface area contributed by atoms with Gasteiger partial charge in [0.05, 0.1) is 0 Å². The van der Waals surface area contributed by atoms with Crippen LogP contribution in [-0.2, 0) is 13.0 Å². The zero-order chi connectivity index (χ0) is 15.1. The van der Waals surface area contributed by atoms with E-state index in [9.17, 15) is 0 Å². The van der Waals surface area contributed by atoms with Crippen molar-refractivity contribution < 1.29 is 0 Å². The Bertz CT molecular complexity index is 544. The molecule has 2 heteroatoms. The third kappa shape index (κ3) is 5.00. The molecule has 0 aliphatic carbocycles. The highest BCUT2D eigenvalue weighted by atomic mass is 15.1. The van der Waals surface area contributed by atoms with Gasteiger partial charge >= 0.3 is 0 Å². The third-order valence-electron chi connectivity index (χ3n) is 3.69. The van der Waals surface area contributed by atoms with Crippen LogP contribution in [0.2, 0.25) is 0 Å². The summed E-state index contributed by atoms with van der Waals surface area (Å²) in [7, 11) is 4.20. The zero-order valence-corrected chi connectivity index (χ0v) is 13.4. The van der Waals surface area contributed by atoms with E-state index in [-0.39, 0.29) is 0 Å². The molecule has 2 aromatic carbocycles. The van der Waals surface area contributed by atoms with Gasteiger partial charge in [-0.1, -0.05) is 49.4 Å². The lowest BCUT2D eigenvalue weighted by Crippen LogP contribution is -2.26. The van der Waals surface area contributed by atoms with E-state index in [2.05, 4.69) is 79.8 Å². The van der Waals surface area contributed by atoms with Crippen LogP contribution in [0.5, 0.6) is 0 Å². The second-order valence-electron chi connectivity index (χ2n) is 5.73. The molecule has 21 heavy (non-hydrogen) atoms. The van der Waals surface area contributed by atoms with E-state index in [0.29, 0.717) is 0 Å². The SMILES string of the molecule is CCc1ccc(-c2cccc(CNCCN(C)C)c2)cc1. The van der Waals surface area contributed by atoms with Gasteiger partial charge in [0, 0.05) is 19.6 Å². The molecule has 0 aliphatic heterocycles. The van der Waals surface area contributed by atoms with Crippen molar-refractivity contribution >= 4 is 0 Å². The van der Waals surface area contributed by atoms with E-state index in [1.165, 1.54) is 22.3 Å². The van der Waals surface area contributed by atoms with Crippen LogP contribution in [0, 0.1) is 0 Å². The van der Waals surface area contributed by atoms with Crippen LogP contribution in [0.3, 0.4) is 0 Å². The number of nitrogens with zero attached hydrogens (tertiary/aromatic N) is 1.